The number of hydrogen-bond acceptors (Lipinski definition) is 2. The lowest BCUT2D eigenvalue weighted by Crippen LogP contribution is -2.42. The molecular weight excluding hydrogens is 294 g/mol. The first kappa shape index (κ1) is 14.3. The maximum absolute atomic E-state index is 6.22. The first-order chi connectivity index (χ1) is 10.8. The second-order valence-corrected chi connectivity index (χ2v) is 6.78. The maximum Gasteiger partial charge on any atom is 0.0964 e. The zero-order valence-corrected chi connectivity index (χ0v) is 13.4. The standard InChI is InChI=1S/C19H20ClNO/c20-17-7-6-16-14-22-19(18(16)12-17)8-10-21(11-9-19)13-15-4-2-1-3-5-15/h1-7,12H,8-11,13-14H2. The summed E-state index contributed by atoms with van der Waals surface area (Å²) in [5.41, 5.74) is 3.91. The van der Waals surface area contributed by atoms with Crippen molar-refractivity contribution in [2.45, 2.75) is 31.6 Å². The maximum atomic E-state index is 6.22. The van der Waals surface area contributed by atoms with Crippen LogP contribution in [0.4, 0.5) is 0 Å². The summed E-state index contributed by atoms with van der Waals surface area (Å²) in [4.78, 5) is 2.52. The van der Waals surface area contributed by atoms with Gasteiger partial charge in [0, 0.05) is 24.7 Å². The molecule has 0 N–H and O–H groups in total. The van der Waals surface area contributed by atoms with Gasteiger partial charge in [-0.2, -0.15) is 0 Å². The van der Waals surface area contributed by atoms with Gasteiger partial charge in [0.1, 0.15) is 0 Å². The van der Waals surface area contributed by atoms with Gasteiger partial charge < -0.3 is 4.74 Å². The summed E-state index contributed by atoms with van der Waals surface area (Å²) in [6.07, 6.45) is 2.10. The van der Waals surface area contributed by atoms with Crippen LogP contribution >= 0.6 is 11.6 Å². The van der Waals surface area contributed by atoms with Gasteiger partial charge in [0.15, 0.2) is 0 Å². The Morgan fingerprint density at radius 3 is 2.59 bits per heavy atom. The summed E-state index contributed by atoms with van der Waals surface area (Å²) in [6.45, 7) is 3.90. The second-order valence-electron chi connectivity index (χ2n) is 6.35. The van der Waals surface area contributed by atoms with Crippen molar-refractivity contribution in [2.24, 2.45) is 0 Å². The van der Waals surface area contributed by atoms with Gasteiger partial charge in [0.2, 0.25) is 0 Å². The van der Waals surface area contributed by atoms with Gasteiger partial charge in [0.05, 0.1) is 12.2 Å². The minimum Gasteiger partial charge on any atom is -0.365 e. The van der Waals surface area contributed by atoms with Crippen molar-refractivity contribution in [3.63, 3.8) is 0 Å². The van der Waals surface area contributed by atoms with Crippen LogP contribution in [0.3, 0.4) is 0 Å². The average molecular weight is 314 g/mol. The highest BCUT2D eigenvalue weighted by Crippen LogP contribution is 2.45. The Balaban J connectivity index is 1.48. The van der Waals surface area contributed by atoms with E-state index < -0.39 is 0 Å². The Hall–Kier alpha value is -1.35. The number of likely N-dealkylation sites (tertiary alicyclic amines) is 1. The SMILES string of the molecule is Clc1ccc2c(c1)C1(CCN(Cc3ccccc3)CC1)OC2. The van der Waals surface area contributed by atoms with Crippen molar-refractivity contribution in [1.82, 2.24) is 4.90 Å². The molecule has 1 saturated heterocycles. The quantitative estimate of drug-likeness (QED) is 0.816. The fourth-order valence-corrected chi connectivity index (χ4v) is 3.89. The monoisotopic (exact) mass is 313 g/mol. The molecule has 22 heavy (non-hydrogen) atoms. The molecule has 0 aliphatic carbocycles. The molecule has 2 aromatic rings. The van der Waals surface area contributed by atoms with E-state index in [1.54, 1.807) is 0 Å². The molecule has 0 amide bonds. The second kappa shape index (κ2) is 5.69. The fraction of sp³-hybridized carbons (Fsp3) is 0.368. The highest BCUT2D eigenvalue weighted by atomic mass is 35.5. The molecule has 1 fully saturated rings. The van der Waals surface area contributed by atoms with Gasteiger partial charge in [-0.3, -0.25) is 4.90 Å². The number of ether oxygens (including phenoxy) is 1. The van der Waals surface area contributed by atoms with Crippen molar-refractivity contribution in [3.8, 4) is 0 Å². The first-order valence-corrected chi connectivity index (χ1v) is 8.32. The van der Waals surface area contributed by atoms with Crippen molar-refractivity contribution >= 4 is 11.6 Å². The van der Waals surface area contributed by atoms with Crippen LogP contribution in [0.1, 0.15) is 29.5 Å². The van der Waals surface area contributed by atoms with E-state index in [1.165, 1.54) is 16.7 Å². The van der Waals surface area contributed by atoms with Crippen molar-refractivity contribution in [3.05, 3.63) is 70.2 Å². The summed E-state index contributed by atoms with van der Waals surface area (Å²) in [6, 6.07) is 16.9. The third-order valence-corrected chi connectivity index (χ3v) is 5.21. The van der Waals surface area contributed by atoms with Crippen LogP contribution in [-0.4, -0.2) is 18.0 Å². The summed E-state index contributed by atoms with van der Waals surface area (Å²) in [5.74, 6) is 0. The van der Waals surface area contributed by atoms with Crippen LogP contribution < -0.4 is 0 Å². The molecule has 4 rings (SSSR count). The highest BCUT2D eigenvalue weighted by Gasteiger charge is 2.42. The molecule has 3 heteroatoms. The number of piperidine rings is 1. The molecule has 2 aromatic carbocycles. The van der Waals surface area contributed by atoms with Crippen molar-refractivity contribution in [2.75, 3.05) is 13.1 Å². The third kappa shape index (κ3) is 2.56. The molecule has 2 aliphatic rings. The molecule has 2 nitrogen and oxygen atoms in total. The average Bonchev–Trinajstić information content (AvgIpc) is 2.89. The van der Waals surface area contributed by atoms with E-state index in [0.717, 1.165) is 44.1 Å². The van der Waals surface area contributed by atoms with Crippen LogP contribution in [0.5, 0.6) is 0 Å². The predicted octanol–water partition coefficient (Wildman–Crippen LogP) is 4.36. The lowest BCUT2D eigenvalue weighted by atomic mass is 9.83. The normalized spacial score (nSPS) is 20.2. The van der Waals surface area contributed by atoms with Crippen LogP contribution in [0.15, 0.2) is 48.5 Å². The molecule has 0 aromatic heterocycles. The van der Waals surface area contributed by atoms with E-state index in [4.69, 9.17) is 16.3 Å². The number of nitrogens with zero attached hydrogens (tertiary/aromatic N) is 1. The molecule has 0 saturated carbocycles. The van der Waals surface area contributed by atoms with Crippen LogP contribution in [0, 0.1) is 0 Å². The topological polar surface area (TPSA) is 12.5 Å². The summed E-state index contributed by atoms with van der Waals surface area (Å²) < 4.78 is 6.22. The molecule has 114 valence electrons. The Kier molecular flexibility index (Phi) is 3.69. The van der Waals surface area contributed by atoms with E-state index in [2.05, 4.69) is 47.4 Å². The molecule has 1 spiro atoms. The Bertz CT molecular complexity index is 662. The zero-order valence-electron chi connectivity index (χ0n) is 12.6. The summed E-state index contributed by atoms with van der Waals surface area (Å²) in [5, 5.41) is 0.815. The van der Waals surface area contributed by atoms with Gasteiger partial charge in [0.25, 0.3) is 0 Å². The summed E-state index contributed by atoms with van der Waals surface area (Å²) >= 11 is 6.20. The zero-order chi connectivity index (χ0) is 15.0. The number of benzene rings is 2. The van der Waals surface area contributed by atoms with Crippen LogP contribution in [-0.2, 0) is 23.5 Å². The van der Waals surface area contributed by atoms with E-state index in [9.17, 15) is 0 Å². The number of fused-ring (bicyclic) bond motifs is 2. The lowest BCUT2D eigenvalue weighted by Gasteiger charge is -2.39. The van der Waals surface area contributed by atoms with Gasteiger partial charge in [-0.15, -0.1) is 0 Å². The van der Waals surface area contributed by atoms with Gasteiger partial charge in [-0.1, -0.05) is 48.0 Å². The Morgan fingerprint density at radius 1 is 1.05 bits per heavy atom. The van der Waals surface area contributed by atoms with E-state index >= 15 is 0 Å². The molecule has 0 bridgehead atoms. The molecule has 0 unspecified atom stereocenters. The lowest BCUT2D eigenvalue weighted by molar-refractivity contribution is -0.0799. The largest absolute Gasteiger partial charge is 0.365 e. The molecule has 0 radical (unpaired) electrons. The number of halogens is 1. The molecule has 2 heterocycles. The molecular formula is C19H20ClNO. The van der Waals surface area contributed by atoms with E-state index in [1.807, 2.05) is 6.07 Å². The Labute approximate surface area is 136 Å². The minimum atomic E-state index is -0.104. The Morgan fingerprint density at radius 2 is 1.82 bits per heavy atom. The summed E-state index contributed by atoms with van der Waals surface area (Å²) in [7, 11) is 0. The fourth-order valence-electron chi connectivity index (χ4n) is 3.72. The van der Waals surface area contributed by atoms with Crippen molar-refractivity contribution < 1.29 is 4.74 Å². The van der Waals surface area contributed by atoms with E-state index in [-0.39, 0.29) is 5.60 Å². The van der Waals surface area contributed by atoms with Crippen LogP contribution in [0.25, 0.3) is 0 Å². The third-order valence-electron chi connectivity index (χ3n) is 4.98. The molecule has 2 aliphatic heterocycles. The highest BCUT2D eigenvalue weighted by molar-refractivity contribution is 6.30. The van der Waals surface area contributed by atoms with Gasteiger partial charge >= 0.3 is 0 Å². The van der Waals surface area contributed by atoms with Crippen molar-refractivity contribution in [1.29, 1.82) is 0 Å². The van der Waals surface area contributed by atoms with E-state index in [0.29, 0.717) is 0 Å². The van der Waals surface area contributed by atoms with Crippen LogP contribution in [0.2, 0.25) is 5.02 Å². The smallest absolute Gasteiger partial charge is 0.0964 e. The number of rotatable bonds is 2. The predicted molar refractivity (Wildman–Crippen MR) is 88.9 cm³/mol. The van der Waals surface area contributed by atoms with Gasteiger partial charge in [-0.05, 0) is 41.7 Å². The minimum absolute atomic E-state index is 0.104. The molecule has 0 atom stereocenters. The van der Waals surface area contributed by atoms with Gasteiger partial charge in [-0.25, -0.2) is 0 Å². The first-order valence-electron chi connectivity index (χ1n) is 7.94. The number of hydrogen-bond donors (Lipinski definition) is 0.